The standard InChI is InChI=1S/C18H22N4O3/c1-24-17(23)14-3-2-4-16(9-14)25-12-13-5-7-22(8-6-13)18-20-10-15(19)11-21-18/h2-4,9-11,13H,5-8,12,19H2,1H3. The van der Waals surface area contributed by atoms with Crippen LogP contribution in [-0.4, -0.2) is 42.7 Å². The van der Waals surface area contributed by atoms with Gasteiger partial charge in [0.15, 0.2) is 0 Å². The molecule has 2 heterocycles. The predicted molar refractivity (Wildman–Crippen MR) is 94.7 cm³/mol. The topological polar surface area (TPSA) is 90.6 Å². The van der Waals surface area contributed by atoms with E-state index >= 15 is 0 Å². The molecule has 0 radical (unpaired) electrons. The molecule has 0 atom stereocenters. The highest BCUT2D eigenvalue weighted by Crippen LogP contribution is 2.22. The number of rotatable bonds is 5. The number of methoxy groups -OCH3 is 1. The highest BCUT2D eigenvalue weighted by Gasteiger charge is 2.21. The molecule has 1 fully saturated rings. The quantitative estimate of drug-likeness (QED) is 0.832. The summed E-state index contributed by atoms with van der Waals surface area (Å²) < 4.78 is 10.6. The number of benzene rings is 1. The summed E-state index contributed by atoms with van der Waals surface area (Å²) >= 11 is 0. The first-order valence-electron chi connectivity index (χ1n) is 8.29. The molecular formula is C18H22N4O3. The van der Waals surface area contributed by atoms with Crippen molar-refractivity contribution in [3.05, 3.63) is 42.2 Å². The molecule has 2 aromatic rings. The number of esters is 1. The molecule has 132 valence electrons. The Bertz CT molecular complexity index is 713. The van der Waals surface area contributed by atoms with Gasteiger partial charge in [-0.25, -0.2) is 14.8 Å². The zero-order chi connectivity index (χ0) is 17.6. The number of anilines is 2. The van der Waals surface area contributed by atoms with Crippen molar-refractivity contribution in [2.45, 2.75) is 12.8 Å². The number of nitrogens with two attached hydrogens (primary N) is 1. The fourth-order valence-corrected chi connectivity index (χ4v) is 2.84. The molecule has 0 spiro atoms. The van der Waals surface area contributed by atoms with E-state index in [1.165, 1.54) is 7.11 Å². The lowest BCUT2D eigenvalue weighted by atomic mass is 9.98. The maximum atomic E-state index is 11.6. The van der Waals surface area contributed by atoms with Crippen LogP contribution in [0, 0.1) is 5.92 Å². The van der Waals surface area contributed by atoms with Gasteiger partial charge in [-0.2, -0.15) is 0 Å². The van der Waals surface area contributed by atoms with E-state index < -0.39 is 0 Å². The molecule has 1 saturated heterocycles. The Balaban J connectivity index is 1.49. The van der Waals surface area contributed by atoms with Crippen LogP contribution in [0.1, 0.15) is 23.2 Å². The average Bonchev–Trinajstić information content (AvgIpc) is 2.67. The number of ether oxygens (including phenoxy) is 2. The second-order valence-electron chi connectivity index (χ2n) is 6.08. The van der Waals surface area contributed by atoms with Crippen molar-refractivity contribution in [2.75, 3.05) is 37.4 Å². The molecule has 1 aromatic heterocycles. The third-order valence-electron chi connectivity index (χ3n) is 4.30. The fourth-order valence-electron chi connectivity index (χ4n) is 2.84. The second kappa shape index (κ2) is 7.83. The first-order chi connectivity index (χ1) is 12.2. The monoisotopic (exact) mass is 342 g/mol. The van der Waals surface area contributed by atoms with Crippen molar-refractivity contribution >= 4 is 17.6 Å². The molecular weight excluding hydrogens is 320 g/mol. The number of carbonyl (C=O) groups is 1. The molecule has 0 aliphatic carbocycles. The minimum atomic E-state index is -0.359. The first-order valence-corrected chi connectivity index (χ1v) is 8.29. The van der Waals surface area contributed by atoms with Crippen LogP contribution in [0.5, 0.6) is 5.75 Å². The van der Waals surface area contributed by atoms with Gasteiger partial charge in [0.1, 0.15) is 5.75 Å². The first kappa shape index (κ1) is 17.0. The summed E-state index contributed by atoms with van der Waals surface area (Å²) in [4.78, 5) is 22.3. The van der Waals surface area contributed by atoms with E-state index in [9.17, 15) is 4.79 Å². The van der Waals surface area contributed by atoms with Gasteiger partial charge in [-0.05, 0) is 37.0 Å². The Morgan fingerprint density at radius 1 is 1.28 bits per heavy atom. The smallest absolute Gasteiger partial charge is 0.337 e. The summed E-state index contributed by atoms with van der Waals surface area (Å²) in [6, 6.07) is 7.07. The number of aromatic nitrogens is 2. The molecule has 0 saturated carbocycles. The normalized spacial score (nSPS) is 15.0. The van der Waals surface area contributed by atoms with Gasteiger partial charge in [0.05, 0.1) is 37.4 Å². The lowest BCUT2D eigenvalue weighted by molar-refractivity contribution is 0.0600. The molecule has 2 N–H and O–H groups in total. The summed E-state index contributed by atoms with van der Waals surface area (Å²) in [5.74, 6) is 1.51. The van der Waals surface area contributed by atoms with Crippen molar-refractivity contribution in [2.24, 2.45) is 5.92 Å². The molecule has 1 aromatic carbocycles. The van der Waals surface area contributed by atoms with E-state index in [4.69, 9.17) is 15.2 Å². The van der Waals surface area contributed by atoms with Gasteiger partial charge < -0.3 is 20.1 Å². The van der Waals surface area contributed by atoms with Gasteiger partial charge in [0, 0.05) is 13.1 Å². The molecule has 7 heteroatoms. The lowest BCUT2D eigenvalue weighted by Gasteiger charge is -2.31. The zero-order valence-electron chi connectivity index (χ0n) is 14.2. The fraction of sp³-hybridized carbons (Fsp3) is 0.389. The van der Waals surface area contributed by atoms with E-state index in [2.05, 4.69) is 14.9 Å². The van der Waals surface area contributed by atoms with Gasteiger partial charge in [-0.1, -0.05) is 6.07 Å². The van der Waals surface area contributed by atoms with E-state index in [1.54, 1.807) is 30.6 Å². The number of piperidine rings is 1. The van der Waals surface area contributed by atoms with E-state index in [0.717, 1.165) is 31.9 Å². The van der Waals surface area contributed by atoms with Crippen molar-refractivity contribution in [3.8, 4) is 5.75 Å². The van der Waals surface area contributed by atoms with E-state index in [1.807, 2.05) is 6.07 Å². The van der Waals surface area contributed by atoms with Crippen molar-refractivity contribution in [3.63, 3.8) is 0 Å². The van der Waals surface area contributed by atoms with Gasteiger partial charge in [-0.15, -0.1) is 0 Å². The second-order valence-corrected chi connectivity index (χ2v) is 6.08. The van der Waals surface area contributed by atoms with Crippen LogP contribution in [0.3, 0.4) is 0 Å². The number of carbonyl (C=O) groups excluding carboxylic acids is 1. The Hall–Kier alpha value is -2.83. The molecule has 0 amide bonds. The van der Waals surface area contributed by atoms with Crippen LogP contribution in [0.25, 0.3) is 0 Å². The number of nitrogen functional groups attached to an aromatic ring is 1. The minimum Gasteiger partial charge on any atom is -0.493 e. The predicted octanol–water partition coefficient (Wildman–Crippen LogP) is 2.14. The maximum Gasteiger partial charge on any atom is 0.337 e. The van der Waals surface area contributed by atoms with Gasteiger partial charge in [-0.3, -0.25) is 0 Å². The average molecular weight is 342 g/mol. The van der Waals surface area contributed by atoms with Gasteiger partial charge in [0.25, 0.3) is 0 Å². The molecule has 0 unspecified atom stereocenters. The van der Waals surface area contributed by atoms with Gasteiger partial charge in [0.2, 0.25) is 5.95 Å². The Labute approximate surface area is 146 Å². The largest absolute Gasteiger partial charge is 0.493 e. The minimum absolute atomic E-state index is 0.359. The molecule has 25 heavy (non-hydrogen) atoms. The van der Waals surface area contributed by atoms with Crippen LogP contribution in [0.4, 0.5) is 11.6 Å². The molecule has 1 aliphatic rings. The number of nitrogens with zero attached hydrogens (tertiary/aromatic N) is 3. The van der Waals surface area contributed by atoms with E-state index in [0.29, 0.717) is 29.5 Å². The summed E-state index contributed by atoms with van der Waals surface area (Å²) in [6.45, 7) is 2.40. The number of hydrogen-bond acceptors (Lipinski definition) is 7. The van der Waals surface area contributed by atoms with Crippen LogP contribution in [0.2, 0.25) is 0 Å². The summed E-state index contributed by atoms with van der Waals surface area (Å²) in [5, 5.41) is 0. The van der Waals surface area contributed by atoms with Crippen molar-refractivity contribution in [1.29, 1.82) is 0 Å². The van der Waals surface area contributed by atoms with Crippen LogP contribution >= 0.6 is 0 Å². The molecule has 1 aliphatic heterocycles. The van der Waals surface area contributed by atoms with Crippen LogP contribution < -0.4 is 15.4 Å². The van der Waals surface area contributed by atoms with Gasteiger partial charge >= 0.3 is 5.97 Å². The summed E-state index contributed by atoms with van der Waals surface area (Å²) in [7, 11) is 1.37. The highest BCUT2D eigenvalue weighted by molar-refractivity contribution is 5.89. The maximum absolute atomic E-state index is 11.6. The Morgan fingerprint density at radius 3 is 2.68 bits per heavy atom. The summed E-state index contributed by atoms with van der Waals surface area (Å²) in [5.41, 5.74) is 6.69. The van der Waals surface area contributed by atoms with Crippen molar-refractivity contribution in [1.82, 2.24) is 9.97 Å². The molecule has 0 bridgehead atoms. The zero-order valence-corrected chi connectivity index (χ0v) is 14.2. The summed E-state index contributed by atoms with van der Waals surface area (Å²) in [6.07, 6.45) is 5.27. The van der Waals surface area contributed by atoms with E-state index in [-0.39, 0.29) is 5.97 Å². The highest BCUT2D eigenvalue weighted by atomic mass is 16.5. The molecule has 7 nitrogen and oxygen atoms in total. The van der Waals surface area contributed by atoms with Crippen LogP contribution in [0.15, 0.2) is 36.7 Å². The third kappa shape index (κ3) is 4.37. The Kier molecular flexibility index (Phi) is 5.33. The lowest BCUT2D eigenvalue weighted by Crippen LogP contribution is -2.36. The molecule has 3 rings (SSSR count). The van der Waals surface area contributed by atoms with Crippen LogP contribution in [-0.2, 0) is 4.74 Å². The SMILES string of the molecule is COC(=O)c1cccc(OCC2CCN(c3ncc(N)cn3)CC2)c1. The number of hydrogen-bond donors (Lipinski definition) is 1. The Morgan fingerprint density at radius 2 is 2.00 bits per heavy atom. The van der Waals surface area contributed by atoms with Crippen molar-refractivity contribution < 1.29 is 14.3 Å². The third-order valence-corrected chi connectivity index (χ3v) is 4.30.